The van der Waals surface area contributed by atoms with Gasteiger partial charge < -0.3 is 0 Å². The molecule has 0 aliphatic heterocycles. The molecular formula is C17H13BrFN3O2S. The Morgan fingerprint density at radius 2 is 1.72 bits per heavy atom. The lowest BCUT2D eigenvalue weighted by Gasteiger charge is -2.10. The number of hydrogen-bond donors (Lipinski definition) is 3. The minimum atomic E-state index is -0.489. The highest BCUT2D eigenvalue weighted by Gasteiger charge is 2.09. The van der Waals surface area contributed by atoms with Crippen molar-refractivity contribution in [3.63, 3.8) is 0 Å². The van der Waals surface area contributed by atoms with Gasteiger partial charge >= 0.3 is 0 Å². The molecule has 8 heteroatoms. The highest BCUT2D eigenvalue weighted by atomic mass is 79.9. The first-order chi connectivity index (χ1) is 12.0. The number of benzene rings is 2. The van der Waals surface area contributed by atoms with Crippen molar-refractivity contribution in [3.05, 3.63) is 76.0 Å². The quantitative estimate of drug-likeness (QED) is 0.404. The zero-order chi connectivity index (χ0) is 18.2. The van der Waals surface area contributed by atoms with Crippen LogP contribution in [0.25, 0.3) is 6.08 Å². The second-order valence-corrected chi connectivity index (χ2v) is 6.02. The number of thiocarbonyl (C=S) groups is 1. The topological polar surface area (TPSA) is 70.2 Å². The molecule has 2 aromatic rings. The van der Waals surface area contributed by atoms with Gasteiger partial charge in [-0.25, -0.2) is 4.39 Å². The Hall–Kier alpha value is -2.58. The van der Waals surface area contributed by atoms with Gasteiger partial charge in [0, 0.05) is 10.5 Å². The van der Waals surface area contributed by atoms with E-state index in [0.717, 1.165) is 0 Å². The van der Waals surface area contributed by atoms with Crippen molar-refractivity contribution in [2.24, 2.45) is 0 Å². The minimum absolute atomic E-state index is 0.0610. The van der Waals surface area contributed by atoms with Crippen LogP contribution >= 0.6 is 28.1 Å². The third-order valence-electron chi connectivity index (χ3n) is 2.94. The second kappa shape index (κ2) is 9.05. The molecule has 0 saturated heterocycles. The van der Waals surface area contributed by atoms with Crippen LogP contribution in [0.4, 0.5) is 4.39 Å². The summed E-state index contributed by atoms with van der Waals surface area (Å²) in [5, 5.41) is 2.32. The number of halogens is 2. The third-order valence-corrected chi connectivity index (χ3v) is 3.84. The maximum absolute atomic E-state index is 12.8. The van der Waals surface area contributed by atoms with E-state index in [1.54, 1.807) is 24.3 Å². The first-order valence-electron chi connectivity index (χ1n) is 7.05. The van der Waals surface area contributed by atoms with E-state index in [0.29, 0.717) is 15.6 Å². The predicted molar refractivity (Wildman–Crippen MR) is 101 cm³/mol. The molecule has 0 heterocycles. The van der Waals surface area contributed by atoms with E-state index in [1.807, 2.05) is 0 Å². The zero-order valence-corrected chi connectivity index (χ0v) is 15.2. The number of amides is 2. The first-order valence-corrected chi connectivity index (χ1v) is 8.25. The van der Waals surface area contributed by atoms with Crippen LogP contribution in [0, 0.1) is 5.82 Å². The van der Waals surface area contributed by atoms with E-state index in [4.69, 9.17) is 12.2 Å². The van der Waals surface area contributed by atoms with Gasteiger partial charge in [0.25, 0.3) is 5.91 Å². The summed E-state index contributed by atoms with van der Waals surface area (Å²) < 4.78 is 13.4. The number of hydrogen-bond acceptors (Lipinski definition) is 3. The molecule has 0 fully saturated rings. The average Bonchev–Trinajstić information content (AvgIpc) is 2.59. The molecule has 0 radical (unpaired) electrons. The Kier molecular flexibility index (Phi) is 6.79. The molecular weight excluding hydrogens is 409 g/mol. The Morgan fingerprint density at radius 3 is 2.40 bits per heavy atom. The fraction of sp³-hybridized carbons (Fsp3) is 0. The zero-order valence-electron chi connectivity index (χ0n) is 12.8. The summed E-state index contributed by atoms with van der Waals surface area (Å²) in [6, 6.07) is 12.5. The molecule has 0 atom stereocenters. The van der Waals surface area contributed by atoms with Gasteiger partial charge in [0.1, 0.15) is 5.82 Å². The van der Waals surface area contributed by atoms with Crippen LogP contribution in [0.5, 0.6) is 0 Å². The van der Waals surface area contributed by atoms with Crippen molar-refractivity contribution < 1.29 is 14.0 Å². The molecule has 25 heavy (non-hydrogen) atoms. The van der Waals surface area contributed by atoms with Crippen LogP contribution in [0.1, 0.15) is 15.9 Å². The summed E-state index contributed by atoms with van der Waals surface area (Å²) in [5.41, 5.74) is 5.91. The largest absolute Gasteiger partial charge is 0.298 e. The summed E-state index contributed by atoms with van der Waals surface area (Å²) in [5.74, 6) is -1.25. The third kappa shape index (κ3) is 6.09. The highest BCUT2D eigenvalue weighted by Crippen LogP contribution is 2.15. The molecule has 3 N–H and O–H groups in total. The molecule has 2 rings (SSSR count). The lowest BCUT2D eigenvalue weighted by molar-refractivity contribution is -0.115. The molecule has 2 amide bonds. The molecule has 0 aliphatic rings. The second-order valence-electron chi connectivity index (χ2n) is 4.76. The van der Waals surface area contributed by atoms with Crippen LogP contribution in [0.15, 0.2) is 59.1 Å². The van der Waals surface area contributed by atoms with Gasteiger partial charge in [0.2, 0.25) is 5.91 Å². The molecule has 5 nitrogen and oxygen atoms in total. The van der Waals surface area contributed by atoms with E-state index < -0.39 is 11.8 Å². The summed E-state index contributed by atoms with van der Waals surface area (Å²) in [4.78, 5) is 23.7. The predicted octanol–water partition coefficient (Wildman–Crippen LogP) is 2.94. The highest BCUT2D eigenvalue weighted by molar-refractivity contribution is 9.10. The summed E-state index contributed by atoms with van der Waals surface area (Å²) in [6.07, 6.45) is 2.76. The van der Waals surface area contributed by atoms with Gasteiger partial charge in [0.15, 0.2) is 5.11 Å². The van der Waals surface area contributed by atoms with Gasteiger partial charge in [0.05, 0.1) is 5.56 Å². The van der Waals surface area contributed by atoms with Crippen molar-refractivity contribution in [1.29, 1.82) is 0 Å². The summed E-state index contributed by atoms with van der Waals surface area (Å²) >= 11 is 8.19. The van der Waals surface area contributed by atoms with Crippen molar-refractivity contribution in [1.82, 2.24) is 16.2 Å². The molecule has 0 spiro atoms. The van der Waals surface area contributed by atoms with Crippen LogP contribution in [0.3, 0.4) is 0 Å². The van der Waals surface area contributed by atoms with Crippen molar-refractivity contribution in [2.45, 2.75) is 0 Å². The van der Waals surface area contributed by atoms with E-state index in [-0.39, 0.29) is 10.9 Å². The van der Waals surface area contributed by atoms with Crippen molar-refractivity contribution >= 4 is 51.2 Å². The van der Waals surface area contributed by atoms with Crippen molar-refractivity contribution in [3.8, 4) is 0 Å². The fourth-order valence-electron chi connectivity index (χ4n) is 1.76. The van der Waals surface area contributed by atoms with Gasteiger partial charge in [-0.05, 0) is 64.1 Å². The smallest absolute Gasteiger partial charge is 0.270 e. The molecule has 2 aromatic carbocycles. The molecule has 0 saturated carbocycles. The molecule has 0 bridgehead atoms. The lowest BCUT2D eigenvalue weighted by atomic mass is 10.2. The van der Waals surface area contributed by atoms with E-state index >= 15 is 0 Å². The summed E-state index contributed by atoms with van der Waals surface area (Å²) in [7, 11) is 0. The molecule has 128 valence electrons. The van der Waals surface area contributed by atoms with E-state index in [1.165, 1.54) is 36.4 Å². The summed E-state index contributed by atoms with van der Waals surface area (Å²) in [6.45, 7) is 0. The number of nitrogens with one attached hydrogen (secondary N) is 3. The van der Waals surface area contributed by atoms with Crippen LogP contribution in [-0.4, -0.2) is 16.9 Å². The molecule has 0 unspecified atom stereocenters. The molecule has 0 aliphatic carbocycles. The number of carbonyl (C=O) groups is 2. The maximum Gasteiger partial charge on any atom is 0.270 e. The average molecular weight is 422 g/mol. The lowest BCUT2D eigenvalue weighted by Crippen LogP contribution is -2.48. The Morgan fingerprint density at radius 1 is 1.04 bits per heavy atom. The first kappa shape index (κ1) is 18.8. The van der Waals surface area contributed by atoms with E-state index in [2.05, 4.69) is 32.1 Å². The van der Waals surface area contributed by atoms with Crippen LogP contribution in [0.2, 0.25) is 0 Å². The maximum atomic E-state index is 12.8. The normalized spacial score (nSPS) is 10.3. The SMILES string of the molecule is O=C(C=Cc1ccc(F)cc1)NC(=S)NNC(=O)c1ccccc1Br. The molecule has 0 aromatic heterocycles. The fourth-order valence-corrected chi connectivity index (χ4v) is 2.37. The van der Waals surface area contributed by atoms with Crippen LogP contribution < -0.4 is 16.2 Å². The van der Waals surface area contributed by atoms with Gasteiger partial charge in [-0.1, -0.05) is 24.3 Å². The number of carbonyl (C=O) groups excluding carboxylic acids is 2. The van der Waals surface area contributed by atoms with Gasteiger partial charge in [-0.2, -0.15) is 0 Å². The number of hydrazine groups is 1. The number of rotatable bonds is 3. The Bertz CT molecular complexity index is 825. The van der Waals surface area contributed by atoms with Gasteiger partial charge in [-0.15, -0.1) is 0 Å². The van der Waals surface area contributed by atoms with Crippen LogP contribution in [-0.2, 0) is 4.79 Å². The Labute approximate surface area is 157 Å². The Balaban J connectivity index is 1.81. The monoisotopic (exact) mass is 421 g/mol. The van der Waals surface area contributed by atoms with E-state index in [9.17, 15) is 14.0 Å². The van der Waals surface area contributed by atoms with Gasteiger partial charge in [-0.3, -0.25) is 25.8 Å². The standard InChI is InChI=1S/C17H13BrFN3O2S/c18-14-4-2-1-3-13(14)16(24)21-22-17(25)20-15(23)10-7-11-5-8-12(19)9-6-11/h1-10H,(H,21,24)(H2,20,22,23,25). The minimum Gasteiger partial charge on any atom is -0.298 e. The van der Waals surface area contributed by atoms with Crippen molar-refractivity contribution in [2.75, 3.05) is 0 Å².